The van der Waals surface area contributed by atoms with Crippen molar-refractivity contribution in [1.29, 1.82) is 0 Å². The van der Waals surface area contributed by atoms with E-state index in [9.17, 15) is 13.2 Å². The molecule has 4 rings (SSSR count). The van der Waals surface area contributed by atoms with Gasteiger partial charge in [-0.25, -0.2) is 18.4 Å². The largest absolute Gasteiger partial charge is 0.476 e. The molecule has 1 saturated heterocycles. The molecule has 1 amide bonds. The number of likely N-dealkylation sites (N-methyl/N-ethyl adjacent to an activating group) is 1. The summed E-state index contributed by atoms with van der Waals surface area (Å²) in [5, 5.41) is 9.68. The number of aromatic nitrogens is 2. The predicted molar refractivity (Wildman–Crippen MR) is 146 cm³/mol. The Kier molecular flexibility index (Phi) is 7.81. The molecule has 3 heterocycles. The van der Waals surface area contributed by atoms with Gasteiger partial charge >= 0.3 is 0 Å². The van der Waals surface area contributed by atoms with E-state index >= 15 is 0 Å². The van der Waals surface area contributed by atoms with Gasteiger partial charge in [-0.3, -0.25) is 15.1 Å². The van der Waals surface area contributed by atoms with E-state index in [0.29, 0.717) is 33.5 Å². The van der Waals surface area contributed by atoms with Crippen LogP contribution in [0.25, 0.3) is 10.3 Å². The van der Waals surface area contributed by atoms with Crippen LogP contribution in [0.2, 0.25) is 0 Å². The Morgan fingerprint density at radius 3 is 2.43 bits per heavy atom. The number of nitrogens with zero attached hydrogens (tertiary/aromatic N) is 5. The maximum Gasteiger partial charge on any atom is 0.278 e. The van der Waals surface area contributed by atoms with Crippen molar-refractivity contribution in [2.75, 3.05) is 45.4 Å². The molecule has 1 aliphatic rings. The number of pyridine rings is 1. The first kappa shape index (κ1) is 27.0. The van der Waals surface area contributed by atoms with E-state index in [1.807, 2.05) is 25.2 Å². The van der Waals surface area contributed by atoms with Gasteiger partial charge in [0, 0.05) is 36.5 Å². The zero-order valence-corrected chi connectivity index (χ0v) is 23.3. The molecule has 1 N–H and O–H groups in total. The smallest absolute Gasteiger partial charge is 0.278 e. The lowest BCUT2D eigenvalue weighted by Gasteiger charge is -2.31. The maximum atomic E-state index is 13.3. The minimum Gasteiger partial charge on any atom is -0.476 e. The summed E-state index contributed by atoms with van der Waals surface area (Å²) in [5.74, 6) is 0.0634. The first-order chi connectivity index (χ1) is 17.4. The average molecular weight is 545 g/mol. The van der Waals surface area contributed by atoms with Crippen LogP contribution in [-0.2, 0) is 14.6 Å². The van der Waals surface area contributed by atoms with E-state index in [2.05, 4.69) is 39.1 Å². The molecule has 1 fully saturated rings. The van der Waals surface area contributed by atoms with Crippen molar-refractivity contribution in [3.05, 3.63) is 42.0 Å². The number of rotatable bonds is 9. The summed E-state index contributed by atoms with van der Waals surface area (Å²) < 4.78 is 29.6. The number of hydrazone groups is 1. The van der Waals surface area contributed by atoms with E-state index in [-0.39, 0.29) is 16.1 Å². The number of carbonyl (C=O) groups is 1. The van der Waals surface area contributed by atoms with Crippen molar-refractivity contribution in [3.63, 3.8) is 0 Å². The van der Waals surface area contributed by atoms with Crippen LogP contribution in [-0.4, -0.2) is 85.5 Å². The number of sulfone groups is 1. The number of carbonyl (C=O) groups excluding carboxylic acids is 1. The minimum absolute atomic E-state index is 0.159. The second-order valence-electron chi connectivity index (χ2n) is 9.85. The number of hydrogen-bond acceptors (Lipinski definition) is 10. The molecule has 0 spiro atoms. The number of fused-ring (bicyclic) bond motifs is 1. The molecule has 0 unspecified atom stereocenters. The summed E-state index contributed by atoms with van der Waals surface area (Å²) in [4.78, 5) is 25.3. The second-order valence-corrected chi connectivity index (χ2v) is 12.8. The molecule has 2 aromatic heterocycles. The number of nitrogens with one attached hydrogen (secondary N) is 1. The monoisotopic (exact) mass is 544 g/mol. The molecular weight excluding hydrogens is 512 g/mol. The topological polar surface area (TPSA) is 117 Å². The summed E-state index contributed by atoms with van der Waals surface area (Å²) in [5.41, 5.74) is 1.21. The van der Waals surface area contributed by atoms with Crippen LogP contribution in [0.5, 0.6) is 5.88 Å². The standard InChI is InChI=1S/C25H32N6O4S2/c1-25(2,30(3)4)16-35-20-13-12-19-23(27-20)36-24(26-19)28-22(32)21(29-31-14-6-7-15-31)17-8-10-18(11-9-17)37(5,33)34/h8-13H,6-7,14-16H2,1-5H3,(H,26,28,32). The van der Waals surface area contributed by atoms with Gasteiger partial charge in [0.05, 0.1) is 4.90 Å². The van der Waals surface area contributed by atoms with Gasteiger partial charge in [-0.15, -0.1) is 0 Å². The van der Waals surface area contributed by atoms with Crippen molar-refractivity contribution < 1.29 is 17.9 Å². The van der Waals surface area contributed by atoms with Gasteiger partial charge in [0.15, 0.2) is 20.7 Å². The number of anilines is 1. The number of benzene rings is 1. The third kappa shape index (κ3) is 6.62. The van der Waals surface area contributed by atoms with Crippen LogP contribution >= 0.6 is 11.3 Å². The second kappa shape index (κ2) is 10.7. The summed E-state index contributed by atoms with van der Waals surface area (Å²) in [7, 11) is 0.649. The van der Waals surface area contributed by atoms with Crippen LogP contribution in [0.1, 0.15) is 32.3 Å². The minimum atomic E-state index is -3.35. The van der Waals surface area contributed by atoms with E-state index in [0.717, 1.165) is 32.2 Å². The molecule has 1 aliphatic heterocycles. The molecule has 10 nitrogen and oxygen atoms in total. The fraction of sp³-hybridized carbons (Fsp3) is 0.440. The van der Waals surface area contributed by atoms with Gasteiger partial charge in [-0.2, -0.15) is 5.10 Å². The van der Waals surface area contributed by atoms with Crippen molar-refractivity contribution in [3.8, 4) is 5.88 Å². The number of ether oxygens (including phenoxy) is 1. The molecule has 0 aliphatic carbocycles. The normalized spacial score (nSPS) is 15.0. The van der Waals surface area contributed by atoms with Crippen molar-refractivity contribution >= 4 is 48.3 Å². The highest BCUT2D eigenvalue weighted by Crippen LogP contribution is 2.27. The highest BCUT2D eigenvalue weighted by atomic mass is 32.2. The molecule has 1 aromatic carbocycles. The Bertz CT molecular complexity index is 1410. The maximum absolute atomic E-state index is 13.3. The summed E-state index contributed by atoms with van der Waals surface area (Å²) >= 11 is 1.25. The Balaban J connectivity index is 1.55. The molecular formula is C25H32N6O4S2. The van der Waals surface area contributed by atoms with E-state index in [1.54, 1.807) is 18.2 Å². The third-order valence-corrected chi connectivity index (χ3v) is 8.34. The van der Waals surface area contributed by atoms with Gasteiger partial charge in [0.2, 0.25) is 5.88 Å². The highest BCUT2D eigenvalue weighted by Gasteiger charge is 2.23. The van der Waals surface area contributed by atoms with Crippen LogP contribution in [0.15, 0.2) is 46.4 Å². The molecule has 0 saturated carbocycles. The molecule has 0 bridgehead atoms. The Morgan fingerprint density at radius 1 is 1.14 bits per heavy atom. The molecule has 0 atom stereocenters. The van der Waals surface area contributed by atoms with Gasteiger partial charge < -0.3 is 9.64 Å². The van der Waals surface area contributed by atoms with E-state index in [4.69, 9.17) is 4.74 Å². The SMILES string of the molecule is CN(C)C(C)(C)COc1ccc2nc(NC(=O)C(=NN3CCCC3)c3ccc(S(C)(=O)=O)cc3)sc2n1. The van der Waals surface area contributed by atoms with Crippen LogP contribution in [0, 0.1) is 0 Å². The van der Waals surface area contributed by atoms with E-state index < -0.39 is 15.7 Å². The molecule has 3 aromatic rings. The van der Waals surface area contributed by atoms with Crippen LogP contribution in [0.3, 0.4) is 0 Å². The molecule has 198 valence electrons. The first-order valence-electron chi connectivity index (χ1n) is 12.0. The Morgan fingerprint density at radius 2 is 1.81 bits per heavy atom. The molecule has 37 heavy (non-hydrogen) atoms. The van der Waals surface area contributed by atoms with Gasteiger partial charge in [0.1, 0.15) is 17.0 Å². The van der Waals surface area contributed by atoms with Crippen LogP contribution < -0.4 is 10.1 Å². The average Bonchev–Trinajstić information content (AvgIpc) is 3.49. The van der Waals surface area contributed by atoms with Crippen molar-refractivity contribution in [2.24, 2.45) is 5.10 Å². The number of hydrogen-bond donors (Lipinski definition) is 1. The zero-order chi connectivity index (χ0) is 26.8. The van der Waals surface area contributed by atoms with Crippen molar-refractivity contribution in [1.82, 2.24) is 19.9 Å². The Labute approximate surface area is 221 Å². The number of thiazole rings is 1. The molecule has 12 heteroatoms. The molecule has 0 radical (unpaired) electrons. The lowest BCUT2D eigenvalue weighted by molar-refractivity contribution is -0.110. The lowest BCUT2D eigenvalue weighted by atomic mass is 10.1. The van der Waals surface area contributed by atoms with Crippen molar-refractivity contribution in [2.45, 2.75) is 37.1 Å². The van der Waals surface area contributed by atoms with Gasteiger partial charge in [0.25, 0.3) is 5.91 Å². The fourth-order valence-corrected chi connectivity index (χ4v) is 4.96. The third-order valence-electron chi connectivity index (χ3n) is 6.33. The van der Waals surface area contributed by atoms with Gasteiger partial charge in [-0.1, -0.05) is 23.5 Å². The predicted octanol–water partition coefficient (Wildman–Crippen LogP) is 3.25. The fourth-order valence-electron chi connectivity index (χ4n) is 3.51. The quantitative estimate of drug-likeness (QED) is 0.408. The summed E-state index contributed by atoms with van der Waals surface area (Å²) in [6.45, 7) is 6.16. The van der Waals surface area contributed by atoms with Crippen LogP contribution in [0.4, 0.5) is 5.13 Å². The lowest BCUT2D eigenvalue weighted by Crippen LogP contribution is -2.43. The Hall–Kier alpha value is -3.09. The van der Waals surface area contributed by atoms with Gasteiger partial charge in [-0.05, 0) is 59.0 Å². The summed E-state index contributed by atoms with van der Waals surface area (Å²) in [6, 6.07) is 9.75. The highest BCUT2D eigenvalue weighted by molar-refractivity contribution is 7.90. The summed E-state index contributed by atoms with van der Waals surface area (Å²) in [6.07, 6.45) is 3.16. The first-order valence-corrected chi connectivity index (χ1v) is 14.7. The zero-order valence-electron chi connectivity index (χ0n) is 21.7. The van der Waals surface area contributed by atoms with E-state index in [1.165, 1.54) is 23.5 Å². The number of amides is 1.